The summed E-state index contributed by atoms with van der Waals surface area (Å²) in [5.74, 6) is -1.67. The van der Waals surface area contributed by atoms with Crippen LogP contribution in [-0.4, -0.2) is 33.9 Å². The number of hydrogen-bond acceptors (Lipinski definition) is 4. The first-order valence-corrected chi connectivity index (χ1v) is 7.92. The lowest BCUT2D eigenvalue weighted by molar-refractivity contribution is 0.0594. The Hall–Kier alpha value is -2.57. The summed E-state index contributed by atoms with van der Waals surface area (Å²) in [6.45, 7) is 0.243. The first kappa shape index (κ1) is 17.3. The van der Waals surface area contributed by atoms with Crippen LogP contribution in [0.15, 0.2) is 36.4 Å². The van der Waals surface area contributed by atoms with Crippen LogP contribution in [0.25, 0.3) is 10.9 Å². The Morgan fingerprint density at radius 1 is 1.20 bits per heavy atom. The van der Waals surface area contributed by atoms with Gasteiger partial charge in [-0.15, -0.1) is 0 Å². The molecular weight excluding hydrogens is 367 g/mol. The number of carbonyl (C=O) groups excluding carboxylic acids is 1. The molecule has 0 radical (unpaired) electrons. The molecule has 0 saturated heterocycles. The summed E-state index contributed by atoms with van der Waals surface area (Å²) in [5.41, 5.74) is 1.42. The summed E-state index contributed by atoms with van der Waals surface area (Å²) in [4.78, 5) is 23.2. The lowest BCUT2D eigenvalue weighted by Gasteiger charge is -2.07. The molecular formula is C17H12Cl2N2O4. The van der Waals surface area contributed by atoms with E-state index in [2.05, 4.69) is 5.10 Å². The van der Waals surface area contributed by atoms with E-state index in [1.807, 2.05) is 0 Å². The molecule has 3 aromatic rings. The van der Waals surface area contributed by atoms with Gasteiger partial charge in [0.05, 0.1) is 24.7 Å². The standard InChI is InChI=1S/C17H12Cl2N2O4/c1-25-17(24)15-12-5-3-9(16(22)23)6-14(12)21(20-15)8-10-2-4-11(18)7-13(10)19/h2-7H,8H2,1H3,(H,22,23). The summed E-state index contributed by atoms with van der Waals surface area (Å²) < 4.78 is 6.27. The molecule has 0 unspecified atom stereocenters. The Labute approximate surface area is 152 Å². The summed E-state index contributed by atoms with van der Waals surface area (Å²) in [7, 11) is 1.26. The maximum absolute atomic E-state index is 12.0. The van der Waals surface area contributed by atoms with Crippen molar-refractivity contribution in [2.75, 3.05) is 7.11 Å². The van der Waals surface area contributed by atoms with Crippen LogP contribution in [0.2, 0.25) is 10.0 Å². The van der Waals surface area contributed by atoms with Crippen molar-refractivity contribution < 1.29 is 19.4 Å². The van der Waals surface area contributed by atoms with Crippen LogP contribution in [0.4, 0.5) is 0 Å². The van der Waals surface area contributed by atoms with Crippen molar-refractivity contribution in [3.63, 3.8) is 0 Å². The zero-order chi connectivity index (χ0) is 18.1. The van der Waals surface area contributed by atoms with Gasteiger partial charge in [-0.2, -0.15) is 5.10 Å². The summed E-state index contributed by atoms with van der Waals surface area (Å²) >= 11 is 12.1. The summed E-state index contributed by atoms with van der Waals surface area (Å²) in [6, 6.07) is 9.46. The van der Waals surface area contributed by atoms with Gasteiger partial charge < -0.3 is 9.84 Å². The van der Waals surface area contributed by atoms with Crippen molar-refractivity contribution in [3.05, 3.63) is 63.3 Å². The quantitative estimate of drug-likeness (QED) is 0.696. The van der Waals surface area contributed by atoms with Crippen molar-refractivity contribution in [1.29, 1.82) is 0 Å². The molecule has 128 valence electrons. The second-order valence-corrected chi connectivity index (χ2v) is 6.11. The molecule has 0 aliphatic rings. The highest BCUT2D eigenvalue weighted by Crippen LogP contribution is 2.25. The number of rotatable bonds is 4. The monoisotopic (exact) mass is 378 g/mol. The second-order valence-electron chi connectivity index (χ2n) is 5.27. The number of fused-ring (bicyclic) bond motifs is 1. The number of ether oxygens (including phenoxy) is 1. The van der Waals surface area contributed by atoms with Crippen molar-refractivity contribution in [2.24, 2.45) is 0 Å². The first-order valence-electron chi connectivity index (χ1n) is 7.17. The largest absolute Gasteiger partial charge is 0.478 e. The van der Waals surface area contributed by atoms with E-state index in [0.29, 0.717) is 20.9 Å². The number of carboxylic acid groups (broad SMARTS) is 1. The number of carbonyl (C=O) groups is 2. The molecule has 0 fully saturated rings. The maximum Gasteiger partial charge on any atom is 0.359 e. The SMILES string of the molecule is COC(=O)c1nn(Cc2ccc(Cl)cc2Cl)c2cc(C(=O)O)ccc12. The predicted molar refractivity (Wildman–Crippen MR) is 93.6 cm³/mol. The molecule has 1 aromatic heterocycles. The fraction of sp³-hybridized carbons (Fsp3) is 0.118. The third-order valence-corrected chi connectivity index (χ3v) is 4.30. The van der Waals surface area contributed by atoms with E-state index in [9.17, 15) is 14.7 Å². The summed E-state index contributed by atoms with van der Waals surface area (Å²) in [6.07, 6.45) is 0. The van der Waals surface area contributed by atoms with Crippen molar-refractivity contribution in [1.82, 2.24) is 9.78 Å². The Morgan fingerprint density at radius 3 is 2.60 bits per heavy atom. The lowest BCUT2D eigenvalue weighted by Crippen LogP contribution is -2.06. The Balaban J connectivity index is 2.16. The Morgan fingerprint density at radius 2 is 1.96 bits per heavy atom. The number of aromatic carboxylic acids is 1. The van der Waals surface area contributed by atoms with Crippen LogP contribution in [-0.2, 0) is 11.3 Å². The highest BCUT2D eigenvalue weighted by molar-refractivity contribution is 6.35. The van der Waals surface area contributed by atoms with Gasteiger partial charge in [0.25, 0.3) is 0 Å². The number of halogens is 2. The van der Waals surface area contributed by atoms with Gasteiger partial charge in [-0.3, -0.25) is 4.68 Å². The number of aromatic nitrogens is 2. The van der Waals surface area contributed by atoms with Crippen molar-refractivity contribution in [2.45, 2.75) is 6.54 Å². The molecule has 0 amide bonds. The van der Waals surface area contributed by atoms with Crippen LogP contribution in [0.1, 0.15) is 26.4 Å². The second kappa shape index (κ2) is 6.74. The number of benzene rings is 2. The Bertz CT molecular complexity index is 998. The van der Waals surface area contributed by atoms with Gasteiger partial charge in [0.2, 0.25) is 0 Å². The normalized spacial score (nSPS) is 10.8. The minimum atomic E-state index is -1.07. The van der Waals surface area contributed by atoms with Crippen molar-refractivity contribution >= 4 is 46.0 Å². The van der Waals surface area contributed by atoms with E-state index in [0.717, 1.165) is 5.56 Å². The van der Waals surface area contributed by atoms with Gasteiger partial charge in [-0.25, -0.2) is 9.59 Å². The number of carboxylic acids is 1. The lowest BCUT2D eigenvalue weighted by atomic mass is 10.1. The molecule has 3 rings (SSSR count). The highest BCUT2D eigenvalue weighted by Gasteiger charge is 2.19. The Kier molecular flexibility index (Phi) is 4.65. The number of esters is 1. The average Bonchev–Trinajstić information content (AvgIpc) is 2.94. The number of methoxy groups -OCH3 is 1. The van der Waals surface area contributed by atoms with E-state index in [1.165, 1.54) is 30.0 Å². The molecule has 0 aliphatic carbocycles. The van der Waals surface area contributed by atoms with Gasteiger partial charge in [-0.05, 0) is 35.9 Å². The van der Waals surface area contributed by atoms with Crippen LogP contribution in [0, 0.1) is 0 Å². The topological polar surface area (TPSA) is 81.4 Å². The molecule has 1 N–H and O–H groups in total. The van der Waals surface area contributed by atoms with Crippen LogP contribution in [0.3, 0.4) is 0 Å². The predicted octanol–water partition coefficient (Wildman–Crippen LogP) is 3.88. The number of hydrogen-bond donors (Lipinski definition) is 1. The third-order valence-electron chi connectivity index (χ3n) is 3.71. The first-order chi connectivity index (χ1) is 11.9. The van der Waals surface area contributed by atoms with Gasteiger partial charge in [0.15, 0.2) is 5.69 Å². The van der Waals surface area contributed by atoms with E-state index in [4.69, 9.17) is 27.9 Å². The minimum absolute atomic E-state index is 0.0901. The van der Waals surface area contributed by atoms with Gasteiger partial charge in [-0.1, -0.05) is 29.3 Å². The maximum atomic E-state index is 12.0. The number of nitrogens with zero attached hydrogens (tertiary/aromatic N) is 2. The third kappa shape index (κ3) is 3.31. The molecule has 6 nitrogen and oxygen atoms in total. The van der Waals surface area contributed by atoms with Crippen LogP contribution >= 0.6 is 23.2 Å². The van der Waals surface area contributed by atoms with E-state index in [-0.39, 0.29) is 17.8 Å². The van der Waals surface area contributed by atoms with Gasteiger partial charge in [0.1, 0.15) is 0 Å². The highest BCUT2D eigenvalue weighted by atomic mass is 35.5. The molecule has 1 heterocycles. The van der Waals surface area contributed by atoms with Gasteiger partial charge in [0, 0.05) is 15.4 Å². The van der Waals surface area contributed by atoms with Crippen LogP contribution < -0.4 is 0 Å². The van der Waals surface area contributed by atoms with Gasteiger partial charge >= 0.3 is 11.9 Å². The van der Waals surface area contributed by atoms with E-state index < -0.39 is 11.9 Å². The average molecular weight is 379 g/mol. The molecule has 0 aliphatic heterocycles. The smallest absolute Gasteiger partial charge is 0.359 e. The van der Waals surface area contributed by atoms with Crippen molar-refractivity contribution in [3.8, 4) is 0 Å². The molecule has 8 heteroatoms. The fourth-order valence-electron chi connectivity index (χ4n) is 2.49. The molecule has 0 spiro atoms. The molecule has 0 bridgehead atoms. The van der Waals surface area contributed by atoms with E-state index in [1.54, 1.807) is 18.2 Å². The van der Waals surface area contributed by atoms with Crippen LogP contribution in [0.5, 0.6) is 0 Å². The molecule has 2 aromatic carbocycles. The minimum Gasteiger partial charge on any atom is -0.478 e. The molecule has 25 heavy (non-hydrogen) atoms. The zero-order valence-corrected chi connectivity index (χ0v) is 14.5. The molecule has 0 saturated carbocycles. The fourth-order valence-corrected chi connectivity index (χ4v) is 2.95. The van der Waals surface area contributed by atoms with E-state index >= 15 is 0 Å². The summed E-state index contributed by atoms with van der Waals surface area (Å²) in [5, 5.41) is 14.9. The molecule has 0 atom stereocenters. The zero-order valence-electron chi connectivity index (χ0n) is 13.0.